The first-order chi connectivity index (χ1) is 14.9. The highest BCUT2D eigenvalue weighted by Crippen LogP contribution is 2.32. The highest BCUT2D eigenvalue weighted by molar-refractivity contribution is 7.94. The minimum atomic E-state index is -4.50. The molecule has 0 saturated carbocycles. The molecule has 3 rings (SSSR count). The second kappa shape index (κ2) is 10.3. The molecule has 0 aliphatic heterocycles. The Hall–Kier alpha value is -3.13. The number of H-pyrrole nitrogens is 1. The molecule has 0 saturated heterocycles. The van der Waals surface area contributed by atoms with Crippen LogP contribution in [0.25, 0.3) is 0 Å². The Kier molecular flexibility index (Phi) is 7.46. The third kappa shape index (κ3) is 6.42. The van der Waals surface area contributed by atoms with E-state index in [1.807, 2.05) is 0 Å². The summed E-state index contributed by atoms with van der Waals surface area (Å²) in [6.45, 7) is 0.682. The first-order valence-electron chi connectivity index (χ1n) is 8.25. The van der Waals surface area contributed by atoms with Gasteiger partial charge in [0.1, 0.15) is 6.33 Å². The van der Waals surface area contributed by atoms with Gasteiger partial charge in [0.05, 0.1) is 27.5 Å². The normalized spacial score (nSPS) is 11.3. The molecule has 0 spiro atoms. The Morgan fingerprint density at radius 1 is 1.16 bits per heavy atom. The van der Waals surface area contributed by atoms with Crippen LogP contribution in [0.5, 0.6) is 0 Å². The molecular formula is C13H16N10O6S2. The van der Waals surface area contributed by atoms with Crippen molar-refractivity contribution >= 4 is 51.6 Å². The second-order valence-corrected chi connectivity index (χ2v) is 7.63. The van der Waals surface area contributed by atoms with Crippen LogP contribution >= 0.6 is 12.0 Å². The van der Waals surface area contributed by atoms with Gasteiger partial charge in [-0.15, -0.1) is 4.33 Å². The van der Waals surface area contributed by atoms with E-state index in [1.54, 1.807) is 0 Å². The number of nitrogens with zero attached hydrogens (tertiary/aromatic N) is 5. The maximum absolute atomic E-state index is 11.5. The van der Waals surface area contributed by atoms with Crippen molar-refractivity contribution in [3.8, 4) is 0 Å². The summed E-state index contributed by atoms with van der Waals surface area (Å²) in [7, 11) is -4.50. The zero-order chi connectivity index (χ0) is 22.3. The van der Waals surface area contributed by atoms with Gasteiger partial charge in [0.15, 0.2) is 0 Å². The van der Waals surface area contributed by atoms with Crippen LogP contribution in [0.1, 0.15) is 0 Å². The number of nitrogens with one attached hydrogen (secondary N) is 4. The standard InChI is InChI=1S/C13H16N10O6S2/c14-3-4-15-10-19-12(22-13(20-10)21-11-16-6-17-23-11)18-8-5-7(31(25,26)27)1-2-9(8)30-29-28-24/h1-2,5-6,24H,3-4,14H2,(H,25,26,27)(H4,15,16,17,18,19,20,21,22,23). The summed E-state index contributed by atoms with van der Waals surface area (Å²) in [5.41, 5.74) is 5.60. The average molecular weight is 472 g/mol. The summed E-state index contributed by atoms with van der Waals surface area (Å²) in [6.07, 6.45) is 1.28. The zero-order valence-corrected chi connectivity index (χ0v) is 17.0. The lowest BCUT2D eigenvalue weighted by atomic mass is 10.3. The molecule has 0 aliphatic carbocycles. The first-order valence-corrected chi connectivity index (χ1v) is 10.4. The Morgan fingerprint density at radius 3 is 2.55 bits per heavy atom. The Balaban J connectivity index is 1.97. The van der Waals surface area contributed by atoms with Gasteiger partial charge < -0.3 is 16.4 Å². The van der Waals surface area contributed by atoms with Crippen LogP contribution in [0.3, 0.4) is 0 Å². The van der Waals surface area contributed by atoms with E-state index in [2.05, 4.69) is 55.5 Å². The van der Waals surface area contributed by atoms with Crippen molar-refractivity contribution in [2.75, 3.05) is 29.0 Å². The molecule has 8 N–H and O–H groups in total. The molecule has 0 bridgehead atoms. The molecule has 166 valence electrons. The molecule has 31 heavy (non-hydrogen) atoms. The minimum absolute atomic E-state index is 0.0178. The van der Waals surface area contributed by atoms with Crippen molar-refractivity contribution < 1.29 is 27.6 Å². The van der Waals surface area contributed by atoms with Crippen molar-refractivity contribution in [2.24, 2.45) is 5.73 Å². The van der Waals surface area contributed by atoms with Crippen LogP contribution in [0, 0.1) is 0 Å². The highest BCUT2D eigenvalue weighted by Gasteiger charge is 2.16. The van der Waals surface area contributed by atoms with Gasteiger partial charge in [-0.1, -0.05) is 5.04 Å². The van der Waals surface area contributed by atoms with Gasteiger partial charge in [-0.25, -0.2) is 10.4 Å². The van der Waals surface area contributed by atoms with E-state index >= 15 is 0 Å². The van der Waals surface area contributed by atoms with Gasteiger partial charge in [0.25, 0.3) is 10.1 Å². The van der Waals surface area contributed by atoms with Crippen LogP contribution in [0.2, 0.25) is 0 Å². The van der Waals surface area contributed by atoms with Gasteiger partial charge >= 0.3 is 0 Å². The van der Waals surface area contributed by atoms with E-state index in [1.165, 1.54) is 12.4 Å². The number of benzene rings is 1. The molecule has 3 aromatic rings. The maximum atomic E-state index is 11.5. The molecule has 0 aliphatic rings. The third-order valence-corrected chi connectivity index (χ3v) is 4.87. The number of aromatic amines is 1. The largest absolute Gasteiger partial charge is 0.353 e. The van der Waals surface area contributed by atoms with Gasteiger partial charge in [-0.3, -0.25) is 9.87 Å². The predicted octanol–water partition coefficient (Wildman–Crippen LogP) is 0.522. The molecule has 18 heteroatoms. The topological polar surface area (TPSA) is 235 Å². The molecule has 0 unspecified atom stereocenters. The number of rotatable bonds is 11. The van der Waals surface area contributed by atoms with Gasteiger partial charge in [0.2, 0.25) is 23.8 Å². The number of hydrogen-bond donors (Lipinski definition) is 7. The van der Waals surface area contributed by atoms with Crippen LogP contribution in [0.15, 0.2) is 34.3 Å². The predicted molar refractivity (Wildman–Crippen MR) is 107 cm³/mol. The summed E-state index contributed by atoms with van der Waals surface area (Å²) in [5.74, 6) is 0.472. The van der Waals surface area contributed by atoms with Crippen LogP contribution < -0.4 is 21.7 Å². The molecule has 0 radical (unpaired) electrons. The Bertz CT molecular complexity index is 1110. The number of nitrogens with two attached hydrogens (primary N) is 1. The molecule has 2 aromatic heterocycles. The van der Waals surface area contributed by atoms with E-state index in [-0.39, 0.29) is 34.4 Å². The van der Waals surface area contributed by atoms with Crippen LogP contribution in [0.4, 0.5) is 29.5 Å². The summed E-state index contributed by atoms with van der Waals surface area (Å²) < 4.78 is 36.7. The van der Waals surface area contributed by atoms with Crippen molar-refractivity contribution in [3.05, 3.63) is 24.5 Å². The monoisotopic (exact) mass is 472 g/mol. The summed E-state index contributed by atoms with van der Waals surface area (Å²) in [5, 5.41) is 26.7. The fourth-order valence-corrected chi connectivity index (χ4v) is 3.07. The van der Waals surface area contributed by atoms with Crippen molar-refractivity contribution in [1.29, 1.82) is 0 Å². The number of anilines is 5. The Labute approximate surface area is 178 Å². The van der Waals surface area contributed by atoms with Crippen LogP contribution in [-0.4, -0.2) is 61.5 Å². The smallest absolute Gasteiger partial charge is 0.294 e. The van der Waals surface area contributed by atoms with E-state index in [0.717, 1.165) is 12.1 Å². The second-order valence-electron chi connectivity index (χ2n) is 5.46. The van der Waals surface area contributed by atoms with E-state index in [9.17, 15) is 13.0 Å². The van der Waals surface area contributed by atoms with Crippen molar-refractivity contribution in [3.63, 3.8) is 0 Å². The molecular weight excluding hydrogens is 456 g/mol. The van der Waals surface area contributed by atoms with Gasteiger partial charge in [0, 0.05) is 13.1 Å². The first kappa shape index (κ1) is 22.6. The summed E-state index contributed by atoms with van der Waals surface area (Å²) >= 11 is 0.558. The lowest BCUT2D eigenvalue weighted by molar-refractivity contribution is -0.432. The minimum Gasteiger partial charge on any atom is -0.353 e. The van der Waals surface area contributed by atoms with E-state index in [0.29, 0.717) is 25.1 Å². The Morgan fingerprint density at radius 2 is 1.90 bits per heavy atom. The molecule has 2 heterocycles. The van der Waals surface area contributed by atoms with E-state index < -0.39 is 15.0 Å². The molecule has 1 aromatic carbocycles. The highest BCUT2D eigenvalue weighted by atomic mass is 32.2. The number of aromatic nitrogens is 6. The van der Waals surface area contributed by atoms with Crippen LogP contribution in [-0.2, 0) is 19.5 Å². The maximum Gasteiger partial charge on any atom is 0.294 e. The van der Waals surface area contributed by atoms with E-state index in [4.69, 9.17) is 11.0 Å². The number of hydrogen-bond acceptors (Lipinski definition) is 15. The molecule has 0 amide bonds. The van der Waals surface area contributed by atoms with Crippen molar-refractivity contribution in [1.82, 2.24) is 30.1 Å². The lowest BCUT2D eigenvalue weighted by Gasteiger charge is -2.13. The summed E-state index contributed by atoms with van der Waals surface area (Å²) in [6, 6.07) is 3.54. The van der Waals surface area contributed by atoms with Gasteiger partial charge in [-0.2, -0.15) is 33.5 Å². The zero-order valence-electron chi connectivity index (χ0n) is 15.4. The summed E-state index contributed by atoms with van der Waals surface area (Å²) in [4.78, 5) is 16.3. The quantitative estimate of drug-likeness (QED) is 0.0871. The molecule has 16 nitrogen and oxygen atoms in total. The molecule has 0 atom stereocenters. The SMILES string of the molecule is NCCNc1nc(Nc2ncn[nH]2)nc(Nc2cc(S(=O)(=O)O)ccc2SOOO)n1. The van der Waals surface area contributed by atoms with Crippen molar-refractivity contribution in [2.45, 2.75) is 9.79 Å². The fourth-order valence-electron chi connectivity index (χ4n) is 2.13. The average Bonchev–Trinajstić information content (AvgIpc) is 3.23. The lowest BCUT2D eigenvalue weighted by Crippen LogP contribution is -2.16. The fraction of sp³-hybridized carbons (Fsp3) is 0.154. The molecule has 0 fully saturated rings. The van der Waals surface area contributed by atoms with Gasteiger partial charge in [-0.05, 0) is 18.2 Å². The third-order valence-electron chi connectivity index (χ3n) is 3.36.